The Morgan fingerprint density at radius 1 is 1.12 bits per heavy atom. The first-order chi connectivity index (χ1) is 16.0. The lowest BCUT2D eigenvalue weighted by atomic mass is 9.94. The second kappa shape index (κ2) is 12.9. The van der Waals surface area contributed by atoms with E-state index in [0.29, 0.717) is 23.4 Å². The van der Waals surface area contributed by atoms with E-state index in [1.807, 2.05) is 13.0 Å². The topological polar surface area (TPSA) is 105 Å². The fourth-order valence-corrected chi connectivity index (χ4v) is 3.93. The average molecular weight is 492 g/mol. The summed E-state index contributed by atoms with van der Waals surface area (Å²) in [6, 6.07) is 3.57. The molecule has 0 aromatic heterocycles. The van der Waals surface area contributed by atoms with Crippen LogP contribution in [-0.4, -0.2) is 54.4 Å². The van der Waals surface area contributed by atoms with Crippen molar-refractivity contribution in [3.8, 4) is 5.75 Å². The number of hydrogen-bond acceptors (Lipinski definition) is 6. The van der Waals surface area contributed by atoms with Gasteiger partial charge in [0.15, 0.2) is 5.78 Å². The monoisotopic (exact) mass is 491 g/mol. The number of ketones is 1. The molecule has 186 valence electrons. The Balaban J connectivity index is 2.46. The minimum atomic E-state index is -1.06. The van der Waals surface area contributed by atoms with Crippen molar-refractivity contribution < 1.29 is 29.3 Å². The molecule has 1 aromatic rings. The standard InChI is InChI=1S/C26H34ClNO6/c1-15-7-6-8-23(33-4)22(31)13-20(29)16(2)10-17(3)21(30)14-25(32)28-19-11-18(9-15)12-24(34-5)26(19)27/h6-8,10-12,16,20-21,23,29-30H,9,13-14H2,1-5H3,(H,28,32)/b8-6-,15-7+,17-10+. The number of aliphatic hydroxyl groups excluding tert-OH is 2. The molecule has 0 aliphatic carbocycles. The molecule has 1 heterocycles. The summed E-state index contributed by atoms with van der Waals surface area (Å²) < 4.78 is 10.7. The number of benzene rings is 1. The third-order valence-corrected chi connectivity index (χ3v) is 6.15. The minimum absolute atomic E-state index is 0.1000. The van der Waals surface area contributed by atoms with Gasteiger partial charge < -0.3 is 25.0 Å². The molecule has 0 fully saturated rings. The number of anilines is 1. The highest BCUT2D eigenvalue weighted by Gasteiger charge is 2.23. The number of carbonyl (C=O) groups is 2. The van der Waals surface area contributed by atoms with Crippen LogP contribution in [0.1, 0.15) is 39.2 Å². The number of carbonyl (C=O) groups excluding carboxylic acids is 2. The van der Waals surface area contributed by atoms with Crippen molar-refractivity contribution in [1.29, 1.82) is 0 Å². The summed E-state index contributed by atoms with van der Waals surface area (Å²) >= 11 is 6.41. The number of aliphatic hydroxyl groups is 2. The number of fused-ring (bicyclic) bond motifs is 2. The van der Waals surface area contributed by atoms with Crippen LogP contribution in [0.2, 0.25) is 5.02 Å². The second-order valence-electron chi connectivity index (χ2n) is 8.67. The fraction of sp³-hybridized carbons (Fsp3) is 0.462. The van der Waals surface area contributed by atoms with Gasteiger partial charge in [-0.05, 0) is 49.6 Å². The Morgan fingerprint density at radius 2 is 1.82 bits per heavy atom. The maximum absolute atomic E-state index is 12.6. The maximum atomic E-state index is 12.6. The molecule has 7 nitrogen and oxygen atoms in total. The van der Waals surface area contributed by atoms with Crippen molar-refractivity contribution in [3.63, 3.8) is 0 Å². The van der Waals surface area contributed by atoms with Crippen LogP contribution in [0, 0.1) is 5.92 Å². The molecule has 1 aliphatic heterocycles. The molecule has 0 saturated carbocycles. The van der Waals surface area contributed by atoms with Gasteiger partial charge in [0.2, 0.25) is 5.91 Å². The molecule has 1 aliphatic rings. The molecule has 1 aromatic carbocycles. The summed E-state index contributed by atoms with van der Waals surface area (Å²) in [6.45, 7) is 5.36. The van der Waals surface area contributed by atoms with Crippen molar-refractivity contribution in [3.05, 3.63) is 58.2 Å². The number of amides is 1. The van der Waals surface area contributed by atoms with E-state index in [0.717, 1.165) is 11.1 Å². The van der Waals surface area contributed by atoms with Gasteiger partial charge in [0.1, 0.15) is 16.9 Å². The number of halogens is 1. The van der Waals surface area contributed by atoms with Gasteiger partial charge in [-0.1, -0.05) is 42.3 Å². The van der Waals surface area contributed by atoms with Crippen molar-refractivity contribution >= 4 is 29.0 Å². The van der Waals surface area contributed by atoms with E-state index >= 15 is 0 Å². The van der Waals surface area contributed by atoms with Gasteiger partial charge in [-0.2, -0.15) is 0 Å². The first-order valence-electron chi connectivity index (χ1n) is 11.2. The van der Waals surface area contributed by atoms with Gasteiger partial charge in [0.05, 0.1) is 31.4 Å². The lowest BCUT2D eigenvalue weighted by Gasteiger charge is -2.19. The normalized spacial score (nSPS) is 29.4. The Labute approximate surface area is 206 Å². The molecule has 8 heteroatoms. The van der Waals surface area contributed by atoms with E-state index < -0.39 is 30.1 Å². The summed E-state index contributed by atoms with van der Waals surface area (Å²) in [7, 11) is 2.94. The third kappa shape index (κ3) is 7.81. The van der Waals surface area contributed by atoms with Crippen LogP contribution >= 0.6 is 11.6 Å². The molecule has 2 bridgehead atoms. The number of ether oxygens (including phenoxy) is 2. The molecule has 0 spiro atoms. The third-order valence-electron chi connectivity index (χ3n) is 5.76. The molecule has 34 heavy (non-hydrogen) atoms. The van der Waals surface area contributed by atoms with Gasteiger partial charge in [0.25, 0.3) is 0 Å². The lowest BCUT2D eigenvalue weighted by molar-refractivity contribution is -0.128. The predicted octanol–water partition coefficient (Wildman–Crippen LogP) is 4.01. The highest BCUT2D eigenvalue weighted by atomic mass is 35.5. The Bertz CT molecular complexity index is 984. The molecule has 2 rings (SSSR count). The predicted molar refractivity (Wildman–Crippen MR) is 133 cm³/mol. The summed E-state index contributed by atoms with van der Waals surface area (Å²) in [5.41, 5.74) is 2.77. The summed E-state index contributed by atoms with van der Waals surface area (Å²) in [4.78, 5) is 25.3. The molecule has 3 N–H and O–H groups in total. The van der Waals surface area contributed by atoms with E-state index in [1.54, 1.807) is 44.2 Å². The molecule has 1 amide bonds. The first-order valence-corrected chi connectivity index (χ1v) is 11.5. The second-order valence-corrected chi connectivity index (χ2v) is 9.04. The van der Waals surface area contributed by atoms with E-state index in [1.165, 1.54) is 14.2 Å². The zero-order valence-electron chi connectivity index (χ0n) is 20.3. The van der Waals surface area contributed by atoms with Crippen LogP contribution in [0.4, 0.5) is 5.69 Å². The molecule has 0 radical (unpaired) electrons. The zero-order valence-corrected chi connectivity index (χ0v) is 21.1. The highest BCUT2D eigenvalue weighted by Crippen LogP contribution is 2.34. The quantitative estimate of drug-likeness (QED) is 0.540. The van der Waals surface area contributed by atoms with Gasteiger partial charge in [-0.15, -0.1) is 0 Å². The van der Waals surface area contributed by atoms with Crippen molar-refractivity contribution in [2.24, 2.45) is 5.92 Å². The minimum Gasteiger partial charge on any atom is -0.495 e. The van der Waals surface area contributed by atoms with Gasteiger partial charge in [-0.3, -0.25) is 9.59 Å². The van der Waals surface area contributed by atoms with E-state index in [4.69, 9.17) is 21.1 Å². The summed E-state index contributed by atoms with van der Waals surface area (Å²) in [5.74, 6) is -0.656. The molecular weight excluding hydrogens is 458 g/mol. The van der Waals surface area contributed by atoms with Crippen molar-refractivity contribution in [1.82, 2.24) is 0 Å². The number of rotatable bonds is 2. The average Bonchev–Trinajstić information content (AvgIpc) is 2.77. The van der Waals surface area contributed by atoms with Gasteiger partial charge >= 0.3 is 0 Å². The van der Waals surface area contributed by atoms with Crippen molar-refractivity contribution in [2.75, 3.05) is 19.5 Å². The van der Waals surface area contributed by atoms with Crippen molar-refractivity contribution in [2.45, 2.75) is 58.3 Å². The van der Waals surface area contributed by atoms with Gasteiger partial charge in [0, 0.05) is 19.4 Å². The molecule has 4 atom stereocenters. The molecule has 0 saturated heterocycles. The lowest BCUT2D eigenvalue weighted by Crippen LogP contribution is -2.28. The molecule has 4 unspecified atom stereocenters. The van der Waals surface area contributed by atoms with E-state index in [2.05, 4.69) is 5.32 Å². The summed E-state index contributed by atoms with van der Waals surface area (Å²) in [6.07, 6.45) is 4.40. The number of methoxy groups -OCH3 is 2. The van der Waals surface area contributed by atoms with E-state index in [9.17, 15) is 19.8 Å². The van der Waals surface area contributed by atoms with Crippen LogP contribution in [0.3, 0.4) is 0 Å². The summed E-state index contributed by atoms with van der Waals surface area (Å²) in [5, 5.41) is 24.1. The Kier molecular flexibility index (Phi) is 10.5. The number of hydrogen-bond donors (Lipinski definition) is 3. The highest BCUT2D eigenvalue weighted by molar-refractivity contribution is 6.35. The van der Waals surface area contributed by atoms with Crippen LogP contribution in [0.5, 0.6) is 5.75 Å². The van der Waals surface area contributed by atoms with Crippen LogP contribution in [0.25, 0.3) is 0 Å². The number of nitrogens with one attached hydrogen (secondary N) is 1. The Hall–Kier alpha value is -2.45. The van der Waals surface area contributed by atoms with Crippen LogP contribution in [-0.2, 0) is 20.7 Å². The number of Topliss-reactive ketones (excluding diaryl/α,β-unsaturated/α-hetero) is 1. The van der Waals surface area contributed by atoms with Crippen LogP contribution in [0.15, 0.2) is 47.6 Å². The van der Waals surface area contributed by atoms with Gasteiger partial charge in [-0.25, -0.2) is 0 Å². The van der Waals surface area contributed by atoms with E-state index in [-0.39, 0.29) is 23.6 Å². The first kappa shape index (κ1) is 27.8. The largest absolute Gasteiger partial charge is 0.495 e. The Morgan fingerprint density at radius 3 is 2.47 bits per heavy atom. The fourth-order valence-electron chi connectivity index (χ4n) is 3.70. The van der Waals surface area contributed by atoms with Crippen LogP contribution < -0.4 is 10.1 Å². The number of allylic oxidation sites excluding steroid dienone is 3. The smallest absolute Gasteiger partial charge is 0.227 e. The SMILES string of the molecule is COc1cc2cc(c1Cl)NC(=O)CC(O)/C(C)=C/C(C)C(O)CC(=O)C(OC)/C=C\C=C(/C)C2. The zero-order chi connectivity index (χ0) is 25.4. The maximum Gasteiger partial charge on any atom is 0.227 e. The molecular formula is C26H34ClNO6.